The molecule has 0 aliphatic heterocycles. The van der Waals surface area contributed by atoms with E-state index in [2.05, 4.69) is 100 Å². The lowest BCUT2D eigenvalue weighted by Gasteiger charge is -2.25. The van der Waals surface area contributed by atoms with E-state index in [1.54, 1.807) is 0 Å². The molecule has 0 saturated heterocycles. The first-order valence-electron chi connectivity index (χ1n) is 12.1. The van der Waals surface area contributed by atoms with Crippen LogP contribution in [-0.4, -0.2) is 0 Å². The summed E-state index contributed by atoms with van der Waals surface area (Å²) in [5, 5.41) is 0. The first-order valence-corrected chi connectivity index (χ1v) is 12.1. The Morgan fingerprint density at radius 1 is 0.545 bits per heavy atom. The summed E-state index contributed by atoms with van der Waals surface area (Å²) < 4.78 is 0. The fourth-order valence-electron chi connectivity index (χ4n) is 4.77. The van der Waals surface area contributed by atoms with Gasteiger partial charge in [0.2, 0.25) is 0 Å². The number of hydrogen-bond acceptors (Lipinski definition) is 2. The lowest BCUT2D eigenvalue weighted by atomic mass is 9.81. The van der Waals surface area contributed by atoms with Crippen LogP contribution in [0.2, 0.25) is 0 Å². The van der Waals surface area contributed by atoms with Gasteiger partial charge in [-0.2, -0.15) is 0 Å². The highest BCUT2D eigenvalue weighted by Crippen LogP contribution is 2.45. The summed E-state index contributed by atoms with van der Waals surface area (Å²) in [4.78, 5) is 12.3. The Bertz CT molecular complexity index is 1180. The van der Waals surface area contributed by atoms with E-state index in [1.165, 1.54) is 50.1 Å². The molecule has 0 atom stereocenters. The van der Waals surface area contributed by atoms with Crippen LogP contribution in [0.3, 0.4) is 0 Å². The Kier molecular flexibility index (Phi) is 7.26. The van der Waals surface area contributed by atoms with Crippen molar-refractivity contribution in [3.05, 3.63) is 80.4 Å². The Labute approximate surface area is 200 Å². The molecule has 0 amide bonds. The summed E-state index contributed by atoms with van der Waals surface area (Å²) in [5.41, 5.74) is 13.7. The Morgan fingerprint density at radius 3 is 1.64 bits per heavy atom. The third-order valence-electron chi connectivity index (χ3n) is 7.01. The summed E-state index contributed by atoms with van der Waals surface area (Å²) in [6.45, 7) is 24.2. The number of hydrogen-bond donors (Lipinski definition) is 0. The van der Waals surface area contributed by atoms with Crippen LogP contribution >= 0.6 is 0 Å². The number of aryl methyl sites for hydroxylation is 4. The third-order valence-corrected chi connectivity index (χ3v) is 7.01. The van der Waals surface area contributed by atoms with Gasteiger partial charge in [0.15, 0.2) is 11.5 Å². The van der Waals surface area contributed by atoms with Crippen molar-refractivity contribution < 1.29 is 9.78 Å². The third kappa shape index (κ3) is 4.81. The molecule has 0 spiro atoms. The molecule has 3 aromatic rings. The van der Waals surface area contributed by atoms with E-state index in [1.807, 2.05) is 6.07 Å². The van der Waals surface area contributed by atoms with Crippen molar-refractivity contribution in [3.63, 3.8) is 0 Å². The van der Waals surface area contributed by atoms with E-state index in [9.17, 15) is 0 Å². The van der Waals surface area contributed by atoms with Crippen LogP contribution in [0.15, 0.2) is 30.3 Å². The van der Waals surface area contributed by atoms with E-state index in [-0.39, 0.29) is 0 Å². The molecule has 0 aliphatic carbocycles. The van der Waals surface area contributed by atoms with Crippen LogP contribution in [0.25, 0.3) is 11.1 Å². The highest BCUT2D eigenvalue weighted by Gasteiger charge is 2.25. The van der Waals surface area contributed by atoms with Gasteiger partial charge in [-0.05, 0) is 111 Å². The Balaban J connectivity index is 2.30. The molecule has 2 nitrogen and oxygen atoms in total. The monoisotopic (exact) mass is 444 g/mol. The molecule has 0 heterocycles. The quantitative estimate of drug-likeness (QED) is 0.279. The van der Waals surface area contributed by atoms with E-state index in [0.29, 0.717) is 11.8 Å². The van der Waals surface area contributed by atoms with Gasteiger partial charge in [0.25, 0.3) is 0 Å². The molecule has 0 aromatic heterocycles. The minimum atomic E-state index is 0.302. The molecule has 33 heavy (non-hydrogen) atoms. The molecular weight excluding hydrogens is 404 g/mol. The summed E-state index contributed by atoms with van der Waals surface area (Å²) in [6, 6.07) is 10.8. The van der Waals surface area contributed by atoms with E-state index < -0.39 is 0 Å². The van der Waals surface area contributed by atoms with Gasteiger partial charge in [0.05, 0.1) is 0 Å². The smallest absolute Gasteiger partial charge is 0.190 e. The molecule has 0 radical (unpaired) electrons. The van der Waals surface area contributed by atoms with Gasteiger partial charge >= 0.3 is 0 Å². The first kappa shape index (κ1) is 24.9. The first-order chi connectivity index (χ1) is 15.4. The maximum Gasteiger partial charge on any atom is 0.190 e. The second-order valence-electron chi connectivity index (χ2n) is 10.3. The predicted molar refractivity (Wildman–Crippen MR) is 141 cm³/mol. The second kappa shape index (κ2) is 9.63. The van der Waals surface area contributed by atoms with Crippen LogP contribution in [0.4, 0.5) is 0 Å². The molecule has 176 valence electrons. The average molecular weight is 445 g/mol. The normalized spacial score (nSPS) is 11.4. The summed E-state index contributed by atoms with van der Waals surface area (Å²) in [6.07, 6.45) is 0. The molecule has 0 aliphatic rings. The van der Waals surface area contributed by atoms with Crippen molar-refractivity contribution in [2.24, 2.45) is 0 Å². The highest BCUT2D eigenvalue weighted by atomic mass is 17.2. The fourth-order valence-corrected chi connectivity index (χ4v) is 4.77. The van der Waals surface area contributed by atoms with Crippen LogP contribution in [0.1, 0.15) is 89.6 Å². The highest BCUT2D eigenvalue weighted by molar-refractivity contribution is 5.83. The van der Waals surface area contributed by atoms with Crippen LogP contribution in [0, 0.1) is 48.5 Å². The van der Waals surface area contributed by atoms with Gasteiger partial charge in [-0.1, -0.05) is 57.5 Å². The van der Waals surface area contributed by atoms with Crippen LogP contribution < -0.4 is 9.78 Å². The van der Waals surface area contributed by atoms with Gasteiger partial charge in [0, 0.05) is 11.1 Å². The van der Waals surface area contributed by atoms with Crippen molar-refractivity contribution in [3.8, 4) is 22.6 Å². The lowest BCUT2D eigenvalue weighted by Crippen LogP contribution is -2.10. The largest absolute Gasteiger partial charge is 0.290 e. The summed E-state index contributed by atoms with van der Waals surface area (Å²) >= 11 is 0. The van der Waals surface area contributed by atoms with Crippen molar-refractivity contribution in [2.45, 2.75) is 88.0 Å². The summed E-state index contributed by atoms with van der Waals surface area (Å²) in [7, 11) is 0. The zero-order chi connectivity index (χ0) is 24.6. The van der Waals surface area contributed by atoms with E-state index in [4.69, 9.17) is 9.78 Å². The number of rotatable bonds is 6. The topological polar surface area (TPSA) is 18.5 Å². The molecule has 0 N–H and O–H groups in total. The van der Waals surface area contributed by atoms with Crippen LogP contribution in [-0.2, 0) is 0 Å². The van der Waals surface area contributed by atoms with Gasteiger partial charge in [-0.3, -0.25) is 9.78 Å². The molecule has 3 aromatic carbocycles. The SMILES string of the molecule is Cc1ccc(OOc2c(C(C)C)cc(C)c(C)c2-c2c(C)c(C)cc(C(C)C)c2C)c(C)c1. The average Bonchev–Trinajstić information content (AvgIpc) is 2.73. The zero-order valence-corrected chi connectivity index (χ0v) is 22.4. The van der Waals surface area contributed by atoms with Gasteiger partial charge < -0.3 is 0 Å². The van der Waals surface area contributed by atoms with Crippen molar-refractivity contribution in [1.29, 1.82) is 0 Å². The van der Waals surface area contributed by atoms with Crippen molar-refractivity contribution >= 4 is 0 Å². The molecule has 0 bridgehead atoms. The molecule has 2 heteroatoms. The van der Waals surface area contributed by atoms with Crippen LogP contribution in [0.5, 0.6) is 11.5 Å². The fraction of sp³-hybridized carbons (Fsp3) is 0.419. The molecule has 0 saturated carbocycles. The predicted octanol–water partition coefficient (Wildman–Crippen LogP) is 9.13. The molecular formula is C31H40O2. The minimum absolute atomic E-state index is 0.302. The Morgan fingerprint density at radius 2 is 1.09 bits per heavy atom. The zero-order valence-electron chi connectivity index (χ0n) is 22.4. The van der Waals surface area contributed by atoms with E-state index >= 15 is 0 Å². The van der Waals surface area contributed by atoms with E-state index in [0.717, 1.165) is 22.6 Å². The maximum absolute atomic E-state index is 6.28. The standard InChI is InChI=1S/C31H40O2/c1-17(2)26-15-20(6)23(9)29(25(26)11)30-24(10)21(7)16-27(18(3)4)31(30)33-32-28-13-12-19(5)14-22(28)8/h12-18H,1-11H3. The van der Waals surface area contributed by atoms with Crippen molar-refractivity contribution in [1.82, 2.24) is 0 Å². The molecule has 0 fully saturated rings. The van der Waals surface area contributed by atoms with Gasteiger partial charge in [-0.25, -0.2) is 0 Å². The minimum Gasteiger partial charge on any atom is -0.290 e. The van der Waals surface area contributed by atoms with Gasteiger partial charge in [0.1, 0.15) is 0 Å². The molecule has 0 unspecified atom stereocenters. The Hall–Kier alpha value is -2.74. The van der Waals surface area contributed by atoms with Crippen molar-refractivity contribution in [2.75, 3.05) is 0 Å². The number of benzene rings is 3. The maximum atomic E-state index is 6.28. The molecule has 3 rings (SSSR count). The lowest BCUT2D eigenvalue weighted by molar-refractivity contribution is -0.101. The second-order valence-corrected chi connectivity index (χ2v) is 10.3. The summed E-state index contributed by atoms with van der Waals surface area (Å²) in [5.74, 6) is 2.34. The van der Waals surface area contributed by atoms with Gasteiger partial charge in [-0.15, -0.1) is 0 Å².